The third-order valence-corrected chi connectivity index (χ3v) is 6.31. The maximum absolute atomic E-state index is 12.6. The zero-order valence-corrected chi connectivity index (χ0v) is 16.7. The molecule has 1 aromatic rings. The first-order valence-electron chi connectivity index (χ1n) is 9.69. The summed E-state index contributed by atoms with van der Waals surface area (Å²) in [6.07, 6.45) is 6.20. The van der Waals surface area contributed by atoms with Crippen molar-refractivity contribution in [2.45, 2.75) is 52.6 Å². The number of benzene rings is 1. The molecule has 1 saturated carbocycles. The predicted octanol–water partition coefficient (Wildman–Crippen LogP) is 7.93. The summed E-state index contributed by atoms with van der Waals surface area (Å²) >= 11 is 0. The number of halogens is 3. The molecule has 1 fully saturated rings. The van der Waals surface area contributed by atoms with Gasteiger partial charge in [0.15, 0.2) is 0 Å². The van der Waals surface area contributed by atoms with E-state index in [1.807, 2.05) is 6.08 Å². The van der Waals surface area contributed by atoms with Crippen molar-refractivity contribution < 1.29 is 13.2 Å². The zero-order valence-electron chi connectivity index (χ0n) is 16.7. The van der Waals surface area contributed by atoms with Crippen LogP contribution in [0.3, 0.4) is 0 Å². The smallest absolute Gasteiger partial charge is 0.166 e. The van der Waals surface area contributed by atoms with Crippen molar-refractivity contribution >= 4 is 6.08 Å². The molecule has 27 heavy (non-hydrogen) atoms. The molecule has 1 aromatic carbocycles. The van der Waals surface area contributed by atoms with Gasteiger partial charge in [0, 0.05) is 0 Å². The molecule has 0 saturated heterocycles. The van der Waals surface area contributed by atoms with Crippen LogP contribution >= 0.6 is 0 Å². The molecule has 1 aliphatic carbocycles. The lowest BCUT2D eigenvalue weighted by Crippen LogP contribution is -2.35. The van der Waals surface area contributed by atoms with Crippen LogP contribution in [0.25, 0.3) is 6.08 Å². The minimum absolute atomic E-state index is 0.137. The molecule has 0 aromatic heterocycles. The van der Waals surface area contributed by atoms with Gasteiger partial charge in [0.05, 0.1) is 5.56 Å². The van der Waals surface area contributed by atoms with Gasteiger partial charge in [-0.05, 0) is 73.5 Å². The van der Waals surface area contributed by atoms with Gasteiger partial charge in [0.1, 0.15) is 0 Å². The molecule has 3 heteroatoms. The number of hydrogen-bond donors (Lipinski definition) is 0. The lowest BCUT2D eigenvalue weighted by molar-refractivity contribution is -0.137. The summed E-state index contributed by atoms with van der Waals surface area (Å²) in [4.78, 5) is 0. The van der Waals surface area contributed by atoms with Gasteiger partial charge in [0.25, 0.3) is 0 Å². The number of alkyl halides is 3. The SMILES string of the molecule is C=C[C@]1(C)CC[C@@H](C(C)C/C=C/c2ccc(C(F)(F)F)cc2)C[C@H]1C(=C)C. The van der Waals surface area contributed by atoms with Crippen molar-refractivity contribution in [1.82, 2.24) is 0 Å². The van der Waals surface area contributed by atoms with Crippen LogP contribution in [0.15, 0.2) is 55.1 Å². The van der Waals surface area contributed by atoms with Crippen LogP contribution in [-0.2, 0) is 6.18 Å². The first kappa shape index (κ1) is 21.5. The first-order chi connectivity index (χ1) is 12.6. The standard InChI is InChI=1S/C24H31F3/c1-6-23(5)15-14-20(16-22(23)17(2)3)18(4)8-7-9-19-10-12-21(13-11-19)24(25,26)27/h6-7,9-13,18,20,22H,1-2,8,14-16H2,3-5H3/b9-7+/t18?,20-,22+,23-/m1/s1. The monoisotopic (exact) mass is 376 g/mol. The van der Waals surface area contributed by atoms with Crippen LogP contribution in [0.5, 0.6) is 0 Å². The Morgan fingerprint density at radius 1 is 1.30 bits per heavy atom. The fourth-order valence-corrected chi connectivity index (χ4v) is 4.28. The van der Waals surface area contributed by atoms with E-state index in [0.29, 0.717) is 17.8 Å². The van der Waals surface area contributed by atoms with Gasteiger partial charge in [-0.3, -0.25) is 0 Å². The van der Waals surface area contributed by atoms with E-state index >= 15 is 0 Å². The fourth-order valence-electron chi connectivity index (χ4n) is 4.28. The van der Waals surface area contributed by atoms with E-state index < -0.39 is 11.7 Å². The van der Waals surface area contributed by atoms with E-state index in [1.54, 1.807) is 0 Å². The van der Waals surface area contributed by atoms with E-state index in [0.717, 1.165) is 37.0 Å². The van der Waals surface area contributed by atoms with Gasteiger partial charge in [-0.1, -0.05) is 56.4 Å². The van der Waals surface area contributed by atoms with Gasteiger partial charge in [-0.25, -0.2) is 0 Å². The molecule has 0 N–H and O–H groups in total. The van der Waals surface area contributed by atoms with Crippen molar-refractivity contribution in [3.8, 4) is 0 Å². The Hall–Kier alpha value is -1.77. The second-order valence-electron chi connectivity index (χ2n) is 8.38. The van der Waals surface area contributed by atoms with Crippen molar-refractivity contribution in [3.05, 3.63) is 66.3 Å². The molecular formula is C24H31F3. The Kier molecular flexibility index (Phi) is 6.77. The molecule has 4 atom stereocenters. The van der Waals surface area contributed by atoms with Crippen LogP contribution in [0, 0.1) is 23.2 Å². The maximum atomic E-state index is 12.6. The van der Waals surface area contributed by atoms with Crippen molar-refractivity contribution in [2.24, 2.45) is 23.2 Å². The normalized spacial score (nSPS) is 27.5. The Morgan fingerprint density at radius 2 is 1.93 bits per heavy atom. The highest BCUT2D eigenvalue weighted by atomic mass is 19.4. The topological polar surface area (TPSA) is 0 Å². The lowest BCUT2D eigenvalue weighted by Gasteiger charge is -2.45. The Labute approximate surface area is 161 Å². The van der Waals surface area contributed by atoms with Crippen molar-refractivity contribution in [1.29, 1.82) is 0 Å². The summed E-state index contributed by atoms with van der Waals surface area (Å²) in [5.74, 6) is 1.64. The molecule has 0 spiro atoms. The Morgan fingerprint density at radius 3 is 2.44 bits per heavy atom. The van der Waals surface area contributed by atoms with E-state index in [4.69, 9.17) is 0 Å². The molecule has 0 aliphatic heterocycles. The van der Waals surface area contributed by atoms with Crippen molar-refractivity contribution in [3.63, 3.8) is 0 Å². The molecule has 1 unspecified atom stereocenters. The highest BCUT2D eigenvalue weighted by Crippen LogP contribution is 2.49. The van der Waals surface area contributed by atoms with E-state index in [9.17, 15) is 13.2 Å². The summed E-state index contributed by atoms with van der Waals surface area (Å²) < 4.78 is 37.9. The Balaban J connectivity index is 1.95. The number of rotatable bonds is 6. The summed E-state index contributed by atoms with van der Waals surface area (Å²) in [6, 6.07) is 5.32. The van der Waals surface area contributed by atoms with E-state index in [2.05, 4.69) is 46.1 Å². The third-order valence-electron chi connectivity index (χ3n) is 6.31. The van der Waals surface area contributed by atoms with E-state index in [-0.39, 0.29) is 5.41 Å². The van der Waals surface area contributed by atoms with Crippen LogP contribution in [0.2, 0.25) is 0 Å². The van der Waals surface area contributed by atoms with Gasteiger partial charge < -0.3 is 0 Å². The summed E-state index contributed by atoms with van der Waals surface area (Å²) in [6.45, 7) is 14.9. The fraction of sp³-hybridized carbons (Fsp3) is 0.500. The second kappa shape index (κ2) is 8.50. The van der Waals surface area contributed by atoms with Crippen molar-refractivity contribution in [2.75, 3.05) is 0 Å². The molecule has 1 aliphatic rings. The predicted molar refractivity (Wildman–Crippen MR) is 108 cm³/mol. The average molecular weight is 377 g/mol. The zero-order chi connectivity index (χ0) is 20.2. The molecule has 0 bridgehead atoms. The molecule has 0 heterocycles. The first-order valence-corrected chi connectivity index (χ1v) is 9.69. The average Bonchev–Trinajstić information content (AvgIpc) is 2.61. The molecule has 0 nitrogen and oxygen atoms in total. The second-order valence-corrected chi connectivity index (χ2v) is 8.38. The molecule has 2 rings (SSSR count). The molecule has 0 radical (unpaired) electrons. The highest BCUT2D eigenvalue weighted by molar-refractivity contribution is 5.49. The van der Waals surface area contributed by atoms with Gasteiger partial charge in [-0.15, -0.1) is 6.58 Å². The van der Waals surface area contributed by atoms with Gasteiger partial charge in [0.2, 0.25) is 0 Å². The number of hydrogen-bond acceptors (Lipinski definition) is 0. The summed E-state index contributed by atoms with van der Waals surface area (Å²) in [5, 5.41) is 0. The minimum Gasteiger partial charge on any atom is -0.166 e. The minimum atomic E-state index is -4.28. The molecular weight excluding hydrogens is 345 g/mol. The quantitative estimate of drug-likeness (QED) is 0.442. The van der Waals surface area contributed by atoms with Crippen LogP contribution in [0.4, 0.5) is 13.2 Å². The maximum Gasteiger partial charge on any atom is 0.416 e. The largest absolute Gasteiger partial charge is 0.416 e. The van der Waals surface area contributed by atoms with Crippen LogP contribution in [0.1, 0.15) is 57.6 Å². The van der Waals surface area contributed by atoms with Crippen LogP contribution < -0.4 is 0 Å². The molecule has 148 valence electrons. The Bertz CT molecular complexity index is 681. The summed E-state index contributed by atoms with van der Waals surface area (Å²) in [5.41, 5.74) is 1.57. The molecule has 0 amide bonds. The third kappa shape index (κ3) is 5.37. The van der Waals surface area contributed by atoms with Gasteiger partial charge >= 0.3 is 6.18 Å². The lowest BCUT2D eigenvalue weighted by atomic mass is 9.60. The van der Waals surface area contributed by atoms with Gasteiger partial charge in [-0.2, -0.15) is 13.2 Å². The number of allylic oxidation sites excluding steroid dienone is 3. The highest BCUT2D eigenvalue weighted by Gasteiger charge is 2.39. The van der Waals surface area contributed by atoms with Crippen LogP contribution in [-0.4, -0.2) is 0 Å². The van der Waals surface area contributed by atoms with E-state index in [1.165, 1.54) is 24.1 Å². The summed E-state index contributed by atoms with van der Waals surface area (Å²) in [7, 11) is 0.